The zero-order valence-corrected chi connectivity index (χ0v) is 10.3. The van der Waals surface area contributed by atoms with Crippen LogP contribution in [0, 0.1) is 0 Å². The zero-order valence-electron chi connectivity index (χ0n) is 10.3. The molecule has 7 heteroatoms. The average molecular weight is 271 g/mol. The van der Waals surface area contributed by atoms with Gasteiger partial charge in [0.2, 0.25) is 0 Å². The topological polar surface area (TPSA) is 39.1 Å². The fourth-order valence-corrected chi connectivity index (χ4v) is 1.69. The molecule has 1 aromatic carbocycles. The van der Waals surface area contributed by atoms with Gasteiger partial charge in [-0.3, -0.25) is 0 Å². The molecule has 0 spiro atoms. The van der Waals surface area contributed by atoms with Crippen LogP contribution in [0.2, 0.25) is 0 Å². The third kappa shape index (κ3) is 2.49. The number of nitrogens with zero attached hydrogens (tertiary/aromatic N) is 2. The van der Waals surface area contributed by atoms with Crippen LogP contribution in [0.5, 0.6) is 5.75 Å². The van der Waals surface area contributed by atoms with Crippen molar-refractivity contribution in [2.45, 2.75) is 6.18 Å². The Morgan fingerprint density at radius 1 is 1.26 bits per heavy atom. The summed E-state index contributed by atoms with van der Waals surface area (Å²) in [7, 11) is 2.98. The summed E-state index contributed by atoms with van der Waals surface area (Å²) in [5.74, 6) is 0.674. The second-order valence-electron chi connectivity index (χ2n) is 3.75. The molecule has 2 rings (SSSR count). The standard InChI is InChI=1S/C12H12F3N3O/c1-16-11-7-10(12(13,14)15)17-18(11)8-5-3-4-6-9(8)19-2/h3-7,16H,1-2H3. The average Bonchev–Trinajstić information content (AvgIpc) is 2.82. The summed E-state index contributed by atoms with van der Waals surface area (Å²) in [5.41, 5.74) is -0.521. The fourth-order valence-electron chi connectivity index (χ4n) is 1.69. The van der Waals surface area contributed by atoms with E-state index in [0.717, 1.165) is 6.07 Å². The van der Waals surface area contributed by atoms with Gasteiger partial charge in [-0.15, -0.1) is 0 Å². The molecule has 0 atom stereocenters. The molecule has 0 bridgehead atoms. The minimum atomic E-state index is -4.49. The molecule has 0 aliphatic carbocycles. The minimum absolute atomic E-state index is 0.233. The van der Waals surface area contributed by atoms with E-state index in [2.05, 4.69) is 10.4 Å². The van der Waals surface area contributed by atoms with Gasteiger partial charge in [-0.1, -0.05) is 12.1 Å². The lowest BCUT2D eigenvalue weighted by atomic mass is 10.3. The fraction of sp³-hybridized carbons (Fsp3) is 0.250. The van der Waals surface area contributed by atoms with E-state index in [-0.39, 0.29) is 5.82 Å². The summed E-state index contributed by atoms with van der Waals surface area (Å²) in [5, 5.41) is 6.26. The number of methoxy groups -OCH3 is 1. The van der Waals surface area contributed by atoms with Gasteiger partial charge in [0, 0.05) is 13.1 Å². The van der Waals surface area contributed by atoms with E-state index in [1.807, 2.05) is 0 Å². The summed E-state index contributed by atoms with van der Waals surface area (Å²) >= 11 is 0. The van der Waals surface area contributed by atoms with E-state index in [1.165, 1.54) is 18.8 Å². The van der Waals surface area contributed by atoms with Crippen LogP contribution >= 0.6 is 0 Å². The molecule has 0 unspecified atom stereocenters. The predicted molar refractivity (Wildman–Crippen MR) is 64.7 cm³/mol. The molecule has 0 saturated carbocycles. The Kier molecular flexibility index (Phi) is 3.37. The second-order valence-corrected chi connectivity index (χ2v) is 3.75. The smallest absolute Gasteiger partial charge is 0.435 e. The van der Waals surface area contributed by atoms with Crippen molar-refractivity contribution in [3.63, 3.8) is 0 Å². The van der Waals surface area contributed by atoms with Gasteiger partial charge in [-0.25, -0.2) is 4.68 Å². The maximum Gasteiger partial charge on any atom is 0.435 e. The molecule has 0 amide bonds. The lowest BCUT2D eigenvalue weighted by Gasteiger charge is -2.10. The number of alkyl halides is 3. The molecule has 1 heterocycles. The summed E-state index contributed by atoms with van der Waals surface area (Å²) in [6.45, 7) is 0. The van der Waals surface area contributed by atoms with Crippen molar-refractivity contribution in [1.29, 1.82) is 0 Å². The highest BCUT2D eigenvalue weighted by atomic mass is 19.4. The Bertz CT molecular complexity index is 578. The number of hydrogen-bond acceptors (Lipinski definition) is 3. The maximum atomic E-state index is 12.7. The molecule has 19 heavy (non-hydrogen) atoms. The Labute approximate surface area is 107 Å². The molecule has 2 aromatic rings. The van der Waals surface area contributed by atoms with E-state index < -0.39 is 11.9 Å². The third-order valence-electron chi connectivity index (χ3n) is 2.57. The van der Waals surface area contributed by atoms with Crippen LogP contribution in [0.1, 0.15) is 5.69 Å². The van der Waals surface area contributed by atoms with Crippen molar-refractivity contribution in [3.05, 3.63) is 36.0 Å². The van der Waals surface area contributed by atoms with E-state index in [9.17, 15) is 13.2 Å². The molecular formula is C12H12F3N3O. The molecule has 1 N–H and O–H groups in total. The van der Waals surface area contributed by atoms with E-state index in [1.54, 1.807) is 24.3 Å². The highest BCUT2D eigenvalue weighted by Crippen LogP contribution is 2.32. The number of para-hydroxylation sites is 2. The predicted octanol–water partition coefficient (Wildman–Crippen LogP) is 2.94. The lowest BCUT2D eigenvalue weighted by molar-refractivity contribution is -0.141. The molecule has 0 radical (unpaired) electrons. The van der Waals surface area contributed by atoms with Crippen molar-refractivity contribution in [2.75, 3.05) is 19.5 Å². The van der Waals surface area contributed by atoms with Crippen molar-refractivity contribution in [2.24, 2.45) is 0 Å². The quantitative estimate of drug-likeness (QED) is 0.932. The SMILES string of the molecule is CNc1cc(C(F)(F)F)nn1-c1ccccc1OC. The zero-order chi connectivity index (χ0) is 14.0. The summed E-state index contributed by atoms with van der Waals surface area (Å²) in [6, 6.07) is 7.67. The first kappa shape index (κ1) is 13.3. The van der Waals surface area contributed by atoms with Gasteiger partial charge < -0.3 is 10.1 Å². The highest BCUT2D eigenvalue weighted by Gasteiger charge is 2.35. The van der Waals surface area contributed by atoms with Crippen molar-refractivity contribution >= 4 is 5.82 Å². The number of benzene rings is 1. The number of nitrogens with one attached hydrogen (secondary N) is 1. The third-order valence-corrected chi connectivity index (χ3v) is 2.57. The van der Waals surface area contributed by atoms with Crippen molar-refractivity contribution in [1.82, 2.24) is 9.78 Å². The number of halogens is 3. The molecule has 0 fully saturated rings. The molecule has 4 nitrogen and oxygen atoms in total. The van der Waals surface area contributed by atoms with Gasteiger partial charge >= 0.3 is 6.18 Å². The molecule has 0 aliphatic rings. The first-order chi connectivity index (χ1) is 8.97. The number of anilines is 1. The first-order valence-corrected chi connectivity index (χ1v) is 5.45. The number of hydrogen-bond donors (Lipinski definition) is 1. The van der Waals surface area contributed by atoms with Crippen molar-refractivity contribution < 1.29 is 17.9 Å². The van der Waals surface area contributed by atoms with Crippen LogP contribution in [0.3, 0.4) is 0 Å². The van der Waals surface area contributed by atoms with E-state index in [4.69, 9.17) is 4.74 Å². The van der Waals surface area contributed by atoms with Crippen LogP contribution in [-0.2, 0) is 6.18 Å². The number of ether oxygens (including phenoxy) is 1. The highest BCUT2D eigenvalue weighted by molar-refractivity contribution is 5.53. The van der Waals surface area contributed by atoms with Gasteiger partial charge in [0.15, 0.2) is 5.69 Å². The molecular weight excluding hydrogens is 259 g/mol. The van der Waals surface area contributed by atoms with Crippen LogP contribution in [0.4, 0.5) is 19.0 Å². The van der Waals surface area contributed by atoms with Gasteiger partial charge in [0.05, 0.1) is 7.11 Å². The monoisotopic (exact) mass is 271 g/mol. The Hall–Kier alpha value is -2.18. The lowest BCUT2D eigenvalue weighted by Crippen LogP contribution is -2.08. The van der Waals surface area contributed by atoms with Crippen LogP contribution in [0.15, 0.2) is 30.3 Å². The Balaban J connectivity index is 2.58. The summed E-state index contributed by atoms with van der Waals surface area (Å²) < 4.78 is 44.3. The number of rotatable bonds is 3. The summed E-state index contributed by atoms with van der Waals surface area (Å²) in [6.07, 6.45) is -4.49. The molecule has 0 saturated heterocycles. The molecule has 102 valence electrons. The van der Waals surface area contributed by atoms with Gasteiger partial charge in [-0.05, 0) is 12.1 Å². The summed E-state index contributed by atoms with van der Waals surface area (Å²) in [4.78, 5) is 0. The maximum absolute atomic E-state index is 12.7. The second kappa shape index (κ2) is 4.83. The molecule has 0 aliphatic heterocycles. The van der Waals surface area contributed by atoms with E-state index in [0.29, 0.717) is 11.4 Å². The van der Waals surface area contributed by atoms with Gasteiger partial charge in [-0.2, -0.15) is 18.3 Å². The van der Waals surface area contributed by atoms with Crippen LogP contribution in [0.25, 0.3) is 5.69 Å². The molecule has 1 aromatic heterocycles. The number of aromatic nitrogens is 2. The van der Waals surface area contributed by atoms with Gasteiger partial charge in [0.1, 0.15) is 17.3 Å². The Morgan fingerprint density at radius 3 is 2.53 bits per heavy atom. The van der Waals surface area contributed by atoms with E-state index >= 15 is 0 Å². The van der Waals surface area contributed by atoms with Crippen LogP contribution < -0.4 is 10.1 Å². The first-order valence-electron chi connectivity index (χ1n) is 5.45. The van der Waals surface area contributed by atoms with Gasteiger partial charge in [0.25, 0.3) is 0 Å². The minimum Gasteiger partial charge on any atom is -0.494 e. The normalized spacial score (nSPS) is 11.4. The Morgan fingerprint density at radius 2 is 1.95 bits per heavy atom. The largest absolute Gasteiger partial charge is 0.494 e. The van der Waals surface area contributed by atoms with Crippen molar-refractivity contribution in [3.8, 4) is 11.4 Å². The van der Waals surface area contributed by atoms with Crippen LogP contribution in [-0.4, -0.2) is 23.9 Å².